The van der Waals surface area contributed by atoms with E-state index in [9.17, 15) is 0 Å². The first kappa shape index (κ1) is 22.3. The van der Waals surface area contributed by atoms with Gasteiger partial charge >= 0.3 is 0 Å². The summed E-state index contributed by atoms with van der Waals surface area (Å²) >= 11 is 0. The Morgan fingerprint density at radius 2 is 2.07 bits per heavy atom. The Hall–Kier alpha value is -2.34. The zero-order valence-corrected chi connectivity index (χ0v) is 19.4. The van der Waals surface area contributed by atoms with Crippen LogP contribution in [-0.2, 0) is 18.3 Å². The minimum Gasteiger partial charge on any atom is -0.373 e. The summed E-state index contributed by atoms with van der Waals surface area (Å²) in [7, 11) is 5.91. The predicted octanol–water partition coefficient (Wildman–Crippen LogP) is 4.03. The molecule has 2 unspecified atom stereocenters. The van der Waals surface area contributed by atoms with Crippen molar-refractivity contribution in [2.75, 3.05) is 27.2 Å². The lowest BCUT2D eigenvalue weighted by atomic mass is 9.89. The number of guanidine groups is 1. The molecule has 1 saturated heterocycles. The highest BCUT2D eigenvalue weighted by atomic mass is 16.5. The summed E-state index contributed by atoms with van der Waals surface area (Å²) in [6.07, 6.45) is 4.52. The van der Waals surface area contributed by atoms with Crippen LogP contribution in [0.25, 0.3) is 0 Å². The third-order valence-corrected chi connectivity index (χ3v) is 5.84. The lowest BCUT2D eigenvalue weighted by Gasteiger charge is -2.33. The van der Waals surface area contributed by atoms with Crippen LogP contribution in [-0.4, -0.2) is 47.9 Å². The number of nitrogens with one attached hydrogen (secondary N) is 1. The Balaban J connectivity index is 1.64. The number of nitrogens with zero attached hydrogens (tertiary/aromatic N) is 4. The summed E-state index contributed by atoms with van der Waals surface area (Å²) in [4.78, 5) is 6.70. The highest BCUT2D eigenvalue weighted by Crippen LogP contribution is 2.33. The van der Waals surface area contributed by atoms with Gasteiger partial charge in [0.25, 0.3) is 0 Å². The third kappa shape index (κ3) is 5.42. The quantitative estimate of drug-likeness (QED) is 0.576. The van der Waals surface area contributed by atoms with Gasteiger partial charge in [0, 0.05) is 58.5 Å². The zero-order chi connectivity index (χ0) is 21.7. The fourth-order valence-corrected chi connectivity index (χ4v) is 4.28. The molecule has 1 aliphatic rings. The van der Waals surface area contributed by atoms with Crippen molar-refractivity contribution >= 4 is 5.96 Å². The fourth-order valence-electron chi connectivity index (χ4n) is 4.28. The number of hydrogen-bond donors (Lipinski definition) is 1. The average Bonchev–Trinajstić information content (AvgIpc) is 3.10. The molecule has 2 atom stereocenters. The van der Waals surface area contributed by atoms with E-state index in [4.69, 9.17) is 4.74 Å². The predicted molar refractivity (Wildman–Crippen MR) is 123 cm³/mol. The van der Waals surface area contributed by atoms with Gasteiger partial charge in [0.05, 0.1) is 11.8 Å². The Morgan fingerprint density at radius 3 is 2.73 bits per heavy atom. The van der Waals surface area contributed by atoms with Gasteiger partial charge in [-0.1, -0.05) is 43.7 Å². The summed E-state index contributed by atoms with van der Waals surface area (Å²) in [5.74, 6) is 1.73. The second kappa shape index (κ2) is 10.1. The standard InChI is InChI=1S/C24H37N5O/c1-17(2)22-21(16-29(6)27-22)15-28(5)24(25-4)26-14-20-8-7-13-30-23(20)19-11-9-18(3)10-12-19/h9-12,16-17,20,23H,7-8,13-15H2,1-6H3,(H,25,26). The lowest BCUT2D eigenvalue weighted by Crippen LogP contribution is -2.42. The first-order chi connectivity index (χ1) is 14.4. The molecule has 1 N–H and O–H groups in total. The number of rotatable bonds is 6. The van der Waals surface area contributed by atoms with Gasteiger partial charge in [-0.05, 0) is 31.2 Å². The first-order valence-corrected chi connectivity index (χ1v) is 11.0. The fraction of sp³-hybridized carbons (Fsp3) is 0.583. The Kier molecular flexibility index (Phi) is 7.53. The Labute approximate surface area is 181 Å². The van der Waals surface area contributed by atoms with E-state index in [0.717, 1.165) is 44.2 Å². The molecule has 164 valence electrons. The number of aryl methyl sites for hydroxylation is 2. The number of hydrogen-bond acceptors (Lipinski definition) is 3. The van der Waals surface area contributed by atoms with Gasteiger partial charge in [0.2, 0.25) is 0 Å². The van der Waals surface area contributed by atoms with Gasteiger partial charge in [-0.2, -0.15) is 5.10 Å². The van der Waals surface area contributed by atoms with E-state index in [1.165, 1.54) is 16.7 Å². The number of benzene rings is 1. The van der Waals surface area contributed by atoms with Crippen molar-refractivity contribution in [1.29, 1.82) is 0 Å². The van der Waals surface area contributed by atoms with Crippen LogP contribution >= 0.6 is 0 Å². The SMILES string of the molecule is CN=C(NCC1CCCOC1c1ccc(C)cc1)N(C)Cc1cn(C)nc1C(C)C. The van der Waals surface area contributed by atoms with Crippen LogP contribution in [0, 0.1) is 12.8 Å². The normalized spacial score (nSPS) is 19.9. The lowest BCUT2D eigenvalue weighted by molar-refractivity contribution is -0.0266. The van der Waals surface area contributed by atoms with Gasteiger partial charge in [0.1, 0.15) is 0 Å². The zero-order valence-electron chi connectivity index (χ0n) is 19.4. The van der Waals surface area contributed by atoms with Crippen LogP contribution in [0.3, 0.4) is 0 Å². The summed E-state index contributed by atoms with van der Waals surface area (Å²) in [5.41, 5.74) is 4.95. The molecule has 6 heteroatoms. The van der Waals surface area contributed by atoms with Crippen molar-refractivity contribution in [2.24, 2.45) is 18.0 Å². The van der Waals surface area contributed by atoms with Crippen molar-refractivity contribution in [1.82, 2.24) is 20.0 Å². The van der Waals surface area contributed by atoms with Crippen LogP contribution in [0.1, 0.15) is 61.1 Å². The van der Waals surface area contributed by atoms with Gasteiger partial charge in [-0.15, -0.1) is 0 Å². The first-order valence-electron chi connectivity index (χ1n) is 11.0. The van der Waals surface area contributed by atoms with Crippen molar-refractivity contribution in [3.05, 3.63) is 52.8 Å². The summed E-state index contributed by atoms with van der Waals surface area (Å²) in [6.45, 7) is 8.96. The molecule has 0 amide bonds. The van der Waals surface area contributed by atoms with Gasteiger partial charge in [-0.25, -0.2) is 0 Å². The monoisotopic (exact) mass is 411 g/mol. The molecule has 1 aromatic heterocycles. The smallest absolute Gasteiger partial charge is 0.193 e. The molecule has 0 bridgehead atoms. The number of ether oxygens (including phenoxy) is 1. The van der Waals surface area contributed by atoms with E-state index < -0.39 is 0 Å². The number of aliphatic imine (C=N–C) groups is 1. The van der Waals surface area contributed by atoms with Crippen molar-refractivity contribution in [3.8, 4) is 0 Å². The van der Waals surface area contributed by atoms with Crippen LogP contribution in [0.2, 0.25) is 0 Å². The molecule has 0 radical (unpaired) electrons. The summed E-state index contributed by atoms with van der Waals surface area (Å²) < 4.78 is 8.08. The molecule has 1 aliphatic heterocycles. The minimum atomic E-state index is 0.140. The summed E-state index contributed by atoms with van der Waals surface area (Å²) in [5, 5.41) is 8.23. The number of aromatic nitrogens is 2. The highest BCUT2D eigenvalue weighted by Gasteiger charge is 2.28. The second-order valence-electron chi connectivity index (χ2n) is 8.76. The van der Waals surface area contributed by atoms with E-state index in [-0.39, 0.29) is 6.10 Å². The maximum atomic E-state index is 6.18. The topological polar surface area (TPSA) is 54.7 Å². The maximum Gasteiger partial charge on any atom is 0.193 e. The molecule has 0 aliphatic carbocycles. The van der Waals surface area contributed by atoms with Crippen molar-refractivity contribution in [2.45, 2.75) is 52.2 Å². The molecule has 30 heavy (non-hydrogen) atoms. The van der Waals surface area contributed by atoms with Gasteiger partial charge in [0.15, 0.2) is 5.96 Å². The molecule has 3 rings (SSSR count). The Bertz CT molecular complexity index is 840. The van der Waals surface area contributed by atoms with Crippen LogP contribution in [0.4, 0.5) is 0 Å². The molecule has 2 aromatic rings. The Morgan fingerprint density at radius 1 is 1.33 bits per heavy atom. The molecular formula is C24H37N5O. The van der Waals surface area contributed by atoms with Crippen molar-refractivity contribution in [3.63, 3.8) is 0 Å². The largest absolute Gasteiger partial charge is 0.373 e. The van der Waals surface area contributed by atoms with Crippen molar-refractivity contribution < 1.29 is 4.74 Å². The van der Waals surface area contributed by atoms with Gasteiger partial charge < -0.3 is 15.0 Å². The van der Waals surface area contributed by atoms with E-state index in [1.807, 2.05) is 18.8 Å². The van der Waals surface area contributed by atoms with E-state index in [0.29, 0.717) is 11.8 Å². The van der Waals surface area contributed by atoms with E-state index in [1.54, 1.807) is 0 Å². The molecule has 1 aromatic carbocycles. The second-order valence-corrected chi connectivity index (χ2v) is 8.76. The molecule has 2 heterocycles. The molecule has 0 saturated carbocycles. The maximum absolute atomic E-state index is 6.18. The van der Waals surface area contributed by atoms with Crippen LogP contribution in [0.5, 0.6) is 0 Å². The van der Waals surface area contributed by atoms with E-state index in [2.05, 4.69) is 78.6 Å². The molecule has 1 fully saturated rings. The van der Waals surface area contributed by atoms with Crippen LogP contribution in [0.15, 0.2) is 35.5 Å². The summed E-state index contributed by atoms with van der Waals surface area (Å²) in [6, 6.07) is 8.75. The molecule has 6 nitrogen and oxygen atoms in total. The molecular weight excluding hydrogens is 374 g/mol. The van der Waals surface area contributed by atoms with Crippen LogP contribution < -0.4 is 5.32 Å². The van der Waals surface area contributed by atoms with E-state index >= 15 is 0 Å². The highest BCUT2D eigenvalue weighted by molar-refractivity contribution is 5.79. The minimum absolute atomic E-state index is 0.140. The van der Waals surface area contributed by atoms with Gasteiger partial charge in [-0.3, -0.25) is 9.67 Å². The molecule has 0 spiro atoms. The average molecular weight is 412 g/mol. The third-order valence-electron chi connectivity index (χ3n) is 5.84.